The van der Waals surface area contributed by atoms with Crippen molar-refractivity contribution in [1.82, 2.24) is 0 Å². The highest BCUT2D eigenvalue weighted by atomic mass is 28.3. The van der Waals surface area contributed by atoms with Crippen molar-refractivity contribution >= 4 is 116 Å². The molecule has 14 aromatic carbocycles. The van der Waals surface area contributed by atoms with Gasteiger partial charge in [-0.3, -0.25) is 0 Å². The standard InChI is InChI=1S/C53H48N4.C49H50N2Si2/c1-51(2,3)39-14-23-43(24-15-39)56(41-18-9-35(33-54)10-19-41)45-22-13-37-30-48-47-28-27-46(32-50(47)53(7,8)49(48)31-38(37)29-45)57(42-20-11-36(34-55)12-21-42)44-25-16-40(17-26-44)52(4,5)6;1-49(2)47-33-36-31-41(50(37-15-11-9-12-16-37)39-21-26-43(27-22-39)52(3,4)5)20-19-35(36)32-46(47)45-30-25-42(34-48(45)49)51(38-17-13-10-14-18-38)40-23-28-44(29-24-40)53(6,7)8/h9-32H,1-8H3;9-34H,1-8H3. The molecule has 0 amide bonds. The van der Waals surface area contributed by atoms with Crippen molar-refractivity contribution in [2.75, 3.05) is 19.6 Å². The molecule has 0 saturated carbocycles. The van der Waals surface area contributed by atoms with Crippen molar-refractivity contribution < 1.29 is 0 Å². The molecule has 16 rings (SSSR count). The van der Waals surface area contributed by atoms with Crippen molar-refractivity contribution in [3.63, 3.8) is 0 Å². The maximum Gasteiger partial charge on any atom is 0.0991 e. The van der Waals surface area contributed by atoms with Gasteiger partial charge < -0.3 is 19.6 Å². The summed E-state index contributed by atoms with van der Waals surface area (Å²) in [6.07, 6.45) is 0. The summed E-state index contributed by atoms with van der Waals surface area (Å²) in [6, 6.07) is 115. The molecule has 0 aromatic heterocycles. The van der Waals surface area contributed by atoms with E-state index in [1.54, 1.807) is 0 Å². The molecular weight excluding hydrogens is 1370 g/mol. The van der Waals surface area contributed by atoms with Crippen LogP contribution in [0.25, 0.3) is 43.8 Å². The summed E-state index contributed by atoms with van der Waals surface area (Å²) >= 11 is 0. The zero-order valence-corrected chi connectivity index (χ0v) is 68.6. The molecule has 8 heteroatoms. The highest BCUT2D eigenvalue weighted by Gasteiger charge is 2.39. The Balaban J connectivity index is 0.000000175. The Morgan fingerprint density at radius 2 is 0.509 bits per heavy atom. The highest BCUT2D eigenvalue weighted by Crippen LogP contribution is 2.55. The van der Waals surface area contributed by atoms with E-state index >= 15 is 0 Å². The summed E-state index contributed by atoms with van der Waals surface area (Å²) in [7, 11) is -2.82. The summed E-state index contributed by atoms with van der Waals surface area (Å²) in [5.74, 6) is 0. The van der Waals surface area contributed by atoms with Crippen molar-refractivity contribution in [3.8, 4) is 34.4 Å². The number of nitriles is 2. The average molecular weight is 1460 g/mol. The zero-order valence-electron chi connectivity index (χ0n) is 66.6. The van der Waals surface area contributed by atoms with Crippen LogP contribution in [0.4, 0.5) is 68.2 Å². The van der Waals surface area contributed by atoms with Gasteiger partial charge in [0.2, 0.25) is 0 Å². The van der Waals surface area contributed by atoms with Crippen LogP contribution >= 0.6 is 0 Å². The Kier molecular flexibility index (Phi) is 19.0. The molecule has 2 aliphatic rings. The van der Waals surface area contributed by atoms with Crippen LogP contribution in [0.2, 0.25) is 39.3 Å². The number of rotatable bonds is 14. The maximum atomic E-state index is 9.55. The summed E-state index contributed by atoms with van der Waals surface area (Å²) in [5.41, 5.74) is 27.3. The Labute approximate surface area is 654 Å². The molecule has 0 saturated heterocycles. The Hall–Kier alpha value is -11.8. The molecule has 0 fully saturated rings. The fourth-order valence-electron chi connectivity index (χ4n) is 16.2. The predicted molar refractivity (Wildman–Crippen MR) is 475 cm³/mol. The Bertz CT molecular complexity index is 5870. The van der Waals surface area contributed by atoms with Gasteiger partial charge in [0, 0.05) is 79.1 Å². The number of hydrogen-bond donors (Lipinski definition) is 0. The minimum Gasteiger partial charge on any atom is -0.310 e. The van der Waals surface area contributed by atoms with E-state index in [-0.39, 0.29) is 21.7 Å². The van der Waals surface area contributed by atoms with Crippen LogP contribution in [0.1, 0.15) is 114 Å². The minimum absolute atomic E-state index is 0.0467. The molecule has 0 atom stereocenters. The van der Waals surface area contributed by atoms with Gasteiger partial charge in [0.05, 0.1) is 39.4 Å². The fraction of sp³-hybridized carbons (Fsp3) is 0.196. The van der Waals surface area contributed by atoms with Crippen LogP contribution in [-0.4, -0.2) is 16.1 Å². The van der Waals surface area contributed by atoms with Crippen LogP contribution in [0.3, 0.4) is 0 Å². The van der Waals surface area contributed by atoms with Gasteiger partial charge in [-0.15, -0.1) is 0 Å². The number of para-hydroxylation sites is 2. The topological polar surface area (TPSA) is 60.5 Å². The number of benzene rings is 14. The molecule has 0 aliphatic heterocycles. The number of anilines is 12. The van der Waals surface area contributed by atoms with Gasteiger partial charge in [-0.2, -0.15) is 10.5 Å². The number of nitrogens with zero attached hydrogens (tertiary/aromatic N) is 6. The third-order valence-corrected chi connectivity index (χ3v) is 26.9. The molecule has 0 bridgehead atoms. The SMILES string of the molecule is CC(C)(C)c1ccc(N(c2ccc(C#N)cc2)c2ccc3c(c2)C(C)(C)c2cc4cc(N(c5ccc(C#N)cc5)c5ccc(C(C)(C)C)cc5)ccc4cc2-3)cc1.CC1(C)c2cc(N(c3ccccc3)c3ccc([Si](C)(C)C)cc3)ccc2-c2cc3ccc(N(c4ccccc4)c4ccc([Si](C)(C)C)cc4)cc3cc21. The number of fused-ring (bicyclic) bond motifs is 8. The van der Waals surface area contributed by atoms with E-state index < -0.39 is 16.1 Å². The van der Waals surface area contributed by atoms with Crippen molar-refractivity contribution in [1.29, 1.82) is 10.5 Å². The minimum atomic E-state index is -1.41. The molecular formula is C102H98N6Si2. The van der Waals surface area contributed by atoms with Gasteiger partial charge in [0.25, 0.3) is 0 Å². The van der Waals surface area contributed by atoms with Crippen LogP contribution in [-0.2, 0) is 21.7 Å². The van der Waals surface area contributed by atoms with E-state index in [9.17, 15) is 10.5 Å². The first-order chi connectivity index (χ1) is 52.4. The second kappa shape index (κ2) is 28.3. The lowest BCUT2D eigenvalue weighted by molar-refractivity contribution is 0.590. The molecule has 14 aromatic rings. The van der Waals surface area contributed by atoms with E-state index in [2.05, 4.69) is 395 Å². The molecule has 544 valence electrons. The second-order valence-electron chi connectivity index (χ2n) is 35.1. The predicted octanol–water partition coefficient (Wildman–Crippen LogP) is 27.6. The highest BCUT2D eigenvalue weighted by molar-refractivity contribution is 6.89. The van der Waals surface area contributed by atoms with Crippen LogP contribution in [0.15, 0.2) is 303 Å². The first-order valence-electron chi connectivity index (χ1n) is 38.6. The van der Waals surface area contributed by atoms with E-state index in [1.807, 2.05) is 48.5 Å². The molecule has 0 N–H and O–H groups in total. The summed E-state index contributed by atoms with van der Waals surface area (Å²) in [6.45, 7) is 37.3. The largest absolute Gasteiger partial charge is 0.310 e. The van der Waals surface area contributed by atoms with Crippen LogP contribution in [0, 0.1) is 22.7 Å². The maximum absolute atomic E-state index is 9.55. The van der Waals surface area contributed by atoms with Gasteiger partial charge >= 0.3 is 0 Å². The molecule has 110 heavy (non-hydrogen) atoms. The van der Waals surface area contributed by atoms with E-state index in [0.717, 1.165) is 45.5 Å². The monoisotopic (exact) mass is 1460 g/mol. The van der Waals surface area contributed by atoms with Gasteiger partial charge in [-0.1, -0.05) is 228 Å². The Morgan fingerprint density at radius 1 is 0.255 bits per heavy atom. The molecule has 0 radical (unpaired) electrons. The van der Waals surface area contributed by atoms with Gasteiger partial charge in [-0.25, -0.2) is 0 Å². The molecule has 0 heterocycles. The van der Waals surface area contributed by atoms with Crippen molar-refractivity contribution in [2.24, 2.45) is 0 Å². The number of hydrogen-bond acceptors (Lipinski definition) is 6. The third kappa shape index (κ3) is 14.2. The summed E-state index contributed by atoms with van der Waals surface area (Å²) in [4.78, 5) is 9.37. The smallest absolute Gasteiger partial charge is 0.0991 e. The van der Waals surface area contributed by atoms with Gasteiger partial charge in [-0.05, 0) is 282 Å². The zero-order chi connectivity index (χ0) is 77.4. The average Bonchev–Trinajstić information content (AvgIpc) is 1.57. The van der Waals surface area contributed by atoms with Crippen molar-refractivity contribution in [2.45, 2.75) is 130 Å². The van der Waals surface area contributed by atoms with Crippen molar-refractivity contribution in [3.05, 3.63) is 348 Å². The molecule has 2 aliphatic carbocycles. The quantitative estimate of drug-likeness (QED) is 0.101. The first kappa shape index (κ1) is 73.7. The van der Waals surface area contributed by atoms with Crippen LogP contribution < -0.4 is 30.0 Å². The lowest BCUT2D eigenvalue weighted by atomic mass is 9.81. The van der Waals surface area contributed by atoms with Gasteiger partial charge in [0.1, 0.15) is 0 Å². The van der Waals surface area contributed by atoms with Crippen LogP contribution in [0.5, 0.6) is 0 Å². The lowest BCUT2D eigenvalue weighted by Crippen LogP contribution is -2.37. The third-order valence-electron chi connectivity index (χ3n) is 22.7. The van der Waals surface area contributed by atoms with E-state index in [1.165, 1.54) is 110 Å². The Morgan fingerprint density at radius 3 is 0.800 bits per heavy atom. The van der Waals surface area contributed by atoms with E-state index in [4.69, 9.17) is 0 Å². The summed E-state index contributed by atoms with van der Waals surface area (Å²) in [5, 5.41) is 26.9. The van der Waals surface area contributed by atoms with Gasteiger partial charge in [0.15, 0.2) is 0 Å². The summed E-state index contributed by atoms with van der Waals surface area (Å²) < 4.78 is 0. The molecule has 6 nitrogen and oxygen atoms in total. The first-order valence-corrected chi connectivity index (χ1v) is 45.6. The van der Waals surface area contributed by atoms with E-state index in [0.29, 0.717) is 11.1 Å². The molecule has 0 spiro atoms. The molecule has 0 unspecified atom stereocenters. The lowest BCUT2D eigenvalue weighted by Gasteiger charge is -2.29. The fourth-order valence-corrected chi connectivity index (χ4v) is 18.6. The second-order valence-corrected chi connectivity index (χ2v) is 45.2. The normalized spacial score (nSPS) is 13.2.